The maximum Gasteiger partial charge on any atom is 0.318 e. The van der Waals surface area contributed by atoms with E-state index in [0.717, 1.165) is 59.5 Å². The third kappa shape index (κ3) is 6.36. The topological polar surface area (TPSA) is 74.9 Å². The molecule has 2 aliphatic rings. The van der Waals surface area contributed by atoms with E-state index in [1.54, 1.807) is 0 Å². The molecule has 1 saturated heterocycles. The first-order valence-corrected chi connectivity index (χ1v) is 15.4. The van der Waals surface area contributed by atoms with Crippen molar-refractivity contribution in [2.45, 2.75) is 18.9 Å². The number of nitrogens with zero attached hydrogens (tertiary/aromatic N) is 4. The Morgan fingerprint density at radius 3 is 2.49 bits per heavy atom. The molecule has 1 aromatic heterocycles. The zero-order chi connectivity index (χ0) is 29.9. The molecule has 3 heterocycles. The van der Waals surface area contributed by atoms with Gasteiger partial charge in [-0.15, -0.1) is 0 Å². The molecule has 0 saturated carbocycles. The van der Waals surface area contributed by atoms with Crippen LogP contribution in [0.1, 0.15) is 11.1 Å². The predicted molar refractivity (Wildman–Crippen MR) is 174 cm³/mol. The van der Waals surface area contributed by atoms with E-state index in [4.69, 9.17) is 11.6 Å². The zero-order valence-electron chi connectivity index (χ0n) is 24.8. The molecule has 2 aliphatic heterocycles. The minimum atomic E-state index is -0.746. The van der Waals surface area contributed by atoms with Crippen LogP contribution in [0.2, 0.25) is 5.02 Å². The lowest BCUT2D eigenvalue weighted by Gasteiger charge is -2.39. The number of benzene rings is 3. The molecule has 0 unspecified atom stereocenters. The van der Waals surface area contributed by atoms with Crippen molar-refractivity contribution in [2.75, 3.05) is 63.2 Å². The van der Waals surface area contributed by atoms with Crippen molar-refractivity contribution in [3.05, 3.63) is 95.1 Å². The van der Waals surface area contributed by atoms with Crippen LogP contribution in [-0.4, -0.2) is 86.1 Å². The highest BCUT2D eigenvalue weighted by Gasteiger charge is 2.35. The fraction of sp³-hybridized carbons (Fsp3) is 0.353. The minimum Gasteiger partial charge on any atom is -0.368 e. The van der Waals surface area contributed by atoms with E-state index >= 15 is 0 Å². The second-order valence-electron chi connectivity index (χ2n) is 11.9. The first-order valence-electron chi connectivity index (χ1n) is 15.0. The summed E-state index contributed by atoms with van der Waals surface area (Å²) in [4.78, 5) is 39.7. The van der Waals surface area contributed by atoms with Crippen LogP contribution in [-0.2, 0) is 17.6 Å². The third-order valence-corrected chi connectivity index (χ3v) is 8.94. The maximum atomic E-state index is 14.5. The molecular formula is C34H39ClN6O2. The summed E-state index contributed by atoms with van der Waals surface area (Å²) in [6.45, 7) is 4.05. The number of fused-ring (bicyclic) bond motifs is 2. The van der Waals surface area contributed by atoms with Crippen LogP contribution in [0.4, 0.5) is 16.2 Å². The molecule has 6 rings (SSSR count). The van der Waals surface area contributed by atoms with Gasteiger partial charge in [-0.25, -0.2) is 4.79 Å². The lowest BCUT2D eigenvalue weighted by atomic mass is 9.91. The second-order valence-corrected chi connectivity index (χ2v) is 12.3. The SMILES string of the molecule is CN(C)C[C@H]1Cc2c(Cl)cccc2N(C(=O)[C@@H](Cc2c[nH]c3ccccc23)NC(=O)N2CCN(c3ccccc3)CC2)C1. The number of halogens is 1. The lowest BCUT2D eigenvalue weighted by molar-refractivity contribution is -0.120. The molecule has 0 radical (unpaired) electrons. The summed E-state index contributed by atoms with van der Waals surface area (Å²) in [7, 11) is 4.09. The quantitative estimate of drug-likeness (QED) is 0.313. The fourth-order valence-corrected chi connectivity index (χ4v) is 6.76. The van der Waals surface area contributed by atoms with Gasteiger partial charge >= 0.3 is 6.03 Å². The summed E-state index contributed by atoms with van der Waals surface area (Å²) >= 11 is 6.68. The Morgan fingerprint density at radius 2 is 1.72 bits per heavy atom. The molecule has 9 heteroatoms. The van der Waals surface area contributed by atoms with Gasteiger partial charge in [-0.3, -0.25) is 4.79 Å². The number of anilines is 2. The normalized spacial score (nSPS) is 17.7. The number of amides is 3. The number of aromatic amines is 1. The van der Waals surface area contributed by atoms with E-state index in [1.165, 1.54) is 0 Å². The number of hydrogen-bond donors (Lipinski definition) is 2. The van der Waals surface area contributed by atoms with Gasteiger partial charge in [0.05, 0.1) is 0 Å². The molecule has 0 spiro atoms. The van der Waals surface area contributed by atoms with Crippen LogP contribution in [0.3, 0.4) is 0 Å². The predicted octanol–water partition coefficient (Wildman–Crippen LogP) is 5.03. The summed E-state index contributed by atoms with van der Waals surface area (Å²) < 4.78 is 0. The van der Waals surface area contributed by atoms with E-state index in [2.05, 4.69) is 38.3 Å². The van der Waals surface area contributed by atoms with Gasteiger partial charge in [0.2, 0.25) is 5.91 Å². The molecule has 1 fully saturated rings. The number of nitrogens with one attached hydrogen (secondary N) is 2. The highest BCUT2D eigenvalue weighted by Crippen LogP contribution is 2.35. The molecule has 43 heavy (non-hydrogen) atoms. The van der Waals surface area contributed by atoms with Crippen molar-refractivity contribution in [1.82, 2.24) is 20.1 Å². The zero-order valence-corrected chi connectivity index (χ0v) is 25.6. The standard InChI is InChI=1S/C34H39ClN6O2/c1-38(2)22-24-19-28-29(35)12-8-14-32(28)41(23-24)33(42)31(20-25-21-36-30-13-7-6-11-27(25)30)37-34(43)40-17-15-39(16-18-40)26-9-4-3-5-10-26/h3-14,21,24,31,36H,15-20,22-23H2,1-2H3,(H,37,43)/t24-,31-/m1/s1. The van der Waals surface area contributed by atoms with Gasteiger partial charge in [0.1, 0.15) is 6.04 Å². The molecule has 3 aromatic carbocycles. The van der Waals surface area contributed by atoms with Gasteiger partial charge in [-0.1, -0.05) is 54.1 Å². The summed E-state index contributed by atoms with van der Waals surface area (Å²) in [6, 6.07) is 23.1. The monoisotopic (exact) mass is 598 g/mol. The molecule has 0 aliphatic carbocycles. The van der Waals surface area contributed by atoms with Crippen LogP contribution in [0.25, 0.3) is 10.9 Å². The lowest BCUT2D eigenvalue weighted by Crippen LogP contribution is -2.58. The maximum absolute atomic E-state index is 14.5. The van der Waals surface area contributed by atoms with Gasteiger partial charge in [0, 0.05) is 79.2 Å². The smallest absolute Gasteiger partial charge is 0.318 e. The van der Waals surface area contributed by atoms with E-state index in [1.807, 2.05) is 84.7 Å². The number of para-hydroxylation sites is 2. The molecule has 2 atom stereocenters. The van der Waals surface area contributed by atoms with Crippen molar-refractivity contribution >= 4 is 45.8 Å². The third-order valence-electron chi connectivity index (χ3n) is 8.59. The van der Waals surface area contributed by atoms with E-state index < -0.39 is 6.04 Å². The van der Waals surface area contributed by atoms with E-state index in [-0.39, 0.29) is 17.9 Å². The number of aromatic nitrogens is 1. The first-order chi connectivity index (χ1) is 20.9. The number of carbonyl (C=O) groups is 2. The van der Waals surface area contributed by atoms with Crippen molar-refractivity contribution in [3.8, 4) is 0 Å². The van der Waals surface area contributed by atoms with Gasteiger partial charge in [0.25, 0.3) is 0 Å². The Hall–Kier alpha value is -4.01. The Labute approximate surface area is 258 Å². The molecule has 3 amide bonds. The van der Waals surface area contributed by atoms with Gasteiger partial charge in [-0.05, 0) is 67.9 Å². The minimum absolute atomic E-state index is 0.117. The average Bonchev–Trinajstić information content (AvgIpc) is 3.43. The largest absolute Gasteiger partial charge is 0.368 e. The Balaban J connectivity index is 1.26. The molecule has 8 nitrogen and oxygen atoms in total. The van der Waals surface area contributed by atoms with Gasteiger partial charge < -0.3 is 29.9 Å². The molecule has 0 bridgehead atoms. The Morgan fingerprint density at radius 1 is 0.977 bits per heavy atom. The summed E-state index contributed by atoms with van der Waals surface area (Å²) in [5.41, 5.74) is 4.99. The molecular weight excluding hydrogens is 560 g/mol. The fourth-order valence-electron chi connectivity index (χ4n) is 6.51. The van der Waals surface area contributed by atoms with Crippen molar-refractivity contribution in [1.29, 1.82) is 0 Å². The number of H-pyrrole nitrogens is 1. The summed E-state index contributed by atoms with van der Waals surface area (Å²) in [5, 5.41) is 4.89. The number of urea groups is 1. The van der Waals surface area contributed by atoms with Crippen LogP contribution < -0.4 is 15.1 Å². The van der Waals surface area contributed by atoms with Gasteiger partial charge in [0.15, 0.2) is 0 Å². The van der Waals surface area contributed by atoms with Crippen molar-refractivity contribution < 1.29 is 9.59 Å². The summed E-state index contributed by atoms with van der Waals surface area (Å²) in [6.07, 6.45) is 3.14. The highest BCUT2D eigenvalue weighted by atomic mass is 35.5. The number of rotatable bonds is 7. The molecule has 4 aromatic rings. The van der Waals surface area contributed by atoms with E-state index in [0.29, 0.717) is 31.1 Å². The first kappa shape index (κ1) is 29.1. The summed E-state index contributed by atoms with van der Waals surface area (Å²) in [5.74, 6) is 0.107. The van der Waals surface area contributed by atoms with Crippen molar-refractivity contribution in [3.63, 3.8) is 0 Å². The van der Waals surface area contributed by atoms with E-state index in [9.17, 15) is 9.59 Å². The number of piperazine rings is 1. The molecule has 2 N–H and O–H groups in total. The van der Waals surface area contributed by atoms with Crippen molar-refractivity contribution in [2.24, 2.45) is 5.92 Å². The van der Waals surface area contributed by atoms with Gasteiger partial charge in [-0.2, -0.15) is 0 Å². The number of hydrogen-bond acceptors (Lipinski definition) is 4. The number of carbonyl (C=O) groups excluding carboxylic acids is 2. The second kappa shape index (κ2) is 12.7. The van der Waals surface area contributed by atoms with Crippen LogP contribution in [0.5, 0.6) is 0 Å². The average molecular weight is 599 g/mol. The van der Waals surface area contributed by atoms with Crippen LogP contribution in [0.15, 0.2) is 79.0 Å². The molecule has 224 valence electrons. The van der Waals surface area contributed by atoms with Crippen LogP contribution in [0, 0.1) is 5.92 Å². The Kier molecular flexibility index (Phi) is 8.58. The Bertz CT molecular complexity index is 1580. The highest BCUT2D eigenvalue weighted by molar-refractivity contribution is 6.32. The van der Waals surface area contributed by atoms with Crippen LogP contribution >= 0.6 is 11.6 Å².